The normalized spacial score (nSPS) is 13.5. The molecule has 0 aliphatic carbocycles. The lowest BCUT2D eigenvalue weighted by Gasteiger charge is -2.26. The zero-order valence-corrected chi connectivity index (χ0v) is 14.6. The quantitative estimate of drug-likeness (QED) is 0.732. The molecular weight excluding hydrogens is 350 g/mol. The number of fused-ring (bicyclic) bond motifs is 1. The van der Waals surface area contributed by atoms with E-state index in [0.717, 1.165) is 17.0 Å². The summed E-state index contributed by atoms with van der Waals surface area (Å²) in [6, 6.07) is 8.84. The van der Waals surface area contributed by atoms with Gasteiger partial charge in [0, 0.05) is 37.0 Å². The van der Waals surface area contributed by atoms with Gasteiger partial charge in [-0.05, 0) is 12.1 Å². The molecule has 1 amide bonds. The number of hydrogen-bond acceptors (Lipinski definition) is 5. The summed E-state index contributed by atoms with van der Waals surface area (Å²) in [5.74, 6) is -0.649. The number of rotatable bonds is 5. The summed E-state index contributed by atoms with van der Waals surface area (Å²) in [5, 5.41) is 17.3. The Kier molecular flexibility index (Phi) is 4.11. The standard InChI is InChI=1S/C18H17N5O4/c1-27-14-4-2-3-13(7-14)23-11-12(9-19-23)10-21-5-6-22-16(17(21)24)8-15(20-22)18(25)26/h2-4,7-9,11H,5-6,10H2,1H3,(H,25,26). The first-order valence-corrected chi connectivity index (χ1v) is 8.33. The van der Waals surface area contributed by atoms with Gasteiger partial charge in [-0.1, -0.05) is 6.07 Å². The number of carboxylic acids is 1. The minimum Gasteiger partial charge on any atom is -0.497 e. The van der Waals surface area contributed by atoms with Crippen LogP contribution < -0.4 is 4.74 Å². The number of aromatic nitrogens is 4. The van der Waals surface area contributed by atoms with E-state index in [1.54, 1.807) is 22.9 Å². The van der Waals surface area contributed by atoms with E-state index in [-0.39, 0.29) is 11.6 Å². The Bertz CT molecular complexity index is 1020. The first kappa shape index (κ1) is 16.8. The number of methoxy groups -OCH3 is 1. The second-order valence-electron chi connectivity index (χ2n) is 6.16. The van der Waals surface area contributed by atoms with E-state index in [0.29, 0.717) is 25.3 Å². The smallest absolute Gasteiger partial charge is 0.356 e. The third kappa shape index (κ3) is 3.14. The van der Waals surface area contributed by atoms with Crippen LogP contribution in [-0.2, 0) is 13.1 Å². The lowest BCUT2D eigenvalue weighted by atomic mass is 10.2. The molecule has 0 atom stereocenters. The van der Waals surface area contributed by atoms with Gasteiger partial charge in [-0.2, -0.15) is 10.2 Å². The molecule has 0 saturated carbocycles. The van der Waals surface area contributed by atoms with Crippen molar-refractivity contribution >= 4 is 11.9 Å². The molecule has 2 aromatic heterocycles. The van der Waals surface area contributed by atoms with Gasteiger partial charge in [0.15, 0.2) is 5.69 Å². The number of ether oxygens (including phenoxy) is 1. The fourth-order valence-electron chi connectivity index (χ4n) is 3.05. The molecular formula is C18H17N5O4. The van der Waals surface area contributed by atoms with Gasteiger partial charge in [-0.15, -0.1) is 0 Å². The Morgan fingerprint density at radius 2 is 2.15 bits per heavy atom. The first-order valence-electron chi connectivity index (χ1n) is 8.33. The average molecular weight is 367 g/mol. The molecule has 1 aliphatic heterocycles. The van der Waals surface area contributed by atoms with E-state index >= 15 is 0 Å². The van der Waals surface area contributed by atoms with Crippen molar-refractivity contribution in [2.45, 2.75) is 13.1 Å². The van der Waals surface area contributed by atoms with Crippen LogP contribution in [0.5, 0.6) is 5.75 Å². The van der Waals surface area contributed by atoms with Crippen molar-refractivity contribution in [1.82, 2.24) is 24.5 Å². The first-order chi connectivity index (χ1) is 13.0. The van der Waals surface area contributed by atoms with Crippen molar-refractivity contribution < 1.29 is 19.4 Å². The molecule has 1 N–H and O–H groups in total. The molecule has 0 unspecified atom stereocenters. The van der Waals surface area contributed by atoms with Crippen LogP contribution in [0.1, 0.15) is 26.5 Å². The Labute approximate surface area is 154 Å². The molecule has 0 spiro atoms. The van der Waals surface area contributed by atoms with Crippen LogP contribution >= 0.6 is 0 Å². The third-order valence-corrected chi connectivity index (χ3v) is 4.41. The highest BCUT2D eigenvalue weighted by Gasteiger charge is 2.28. The molecule has 3 aromatic rings. The molecule has 4 rings (SSSR count). The number of carbonyl (C=O) groups is 2. The molecule has 1 aromatic carbocycles. The molecule has 0 radical (unpaired) electrons. The molecule has 0 bridgehead atoms. The van der Waals surface area contributed by atoms with Crippen molar-refractivity contribution in [3.63, 3.8) is 0 Å². The Balaban J connectivity index is 1.52. The number of carboxylic acid groups (broad SMARTS) is 1. The number of hydrogen-bond donors (Lipinski definition) is 1. The van der Waals surface area contributed by atoms with Crippen molar-refractivity contribution in [2.24, 2.45) is 0 Å². The lowest BCUT2D eigenvalue weighted by molar-refractivity contribution is 0.0670. The predicted octanol–water partition coefficient (Wildman–Crippen LogP) is 1.43. The fraction of sp³-hybridized carbons (Fsp3) is 0.222. The molecule has 3 heterocycles. The minimum absolute atomic E-state index is 0.119. The number of carbonyl (C=O) groups excluding carboxylic acids is 1. The van der Waals surface area contributed by atoms with Crippen molar-refractivity contribution in [3.05, 3.63) is 59.7 Å². The number of benzene rings is 1. The van der Waals surface area contributed by atoms with Crippen LogP contribution in [-0.4, -0.2) is 55.1 Å². The van der Waals surface area contributed by atoms with Gasteiger partial charge in [0.25, 0.3) is 5.91 Å². The highest BCUT2D eigenvalue weighted by molar-refractivity contribution is 5.96. The SMILES string of the molecule is COc1cccc(-n2cc(CN3CCn4nc(C(=O)O)cc4C3=O)cn2)c1. The lowest BCUT2D eigenvalue weighted by Crippen LogP contribution is -2.39. The van der Waals surface area contributed by atoms with Crippen molar-refractivity contribution in [1.29, 1.82) is 0 Å². The van der Waals surface area contributed by atoms with Crippen LogP contribution in [0.25, 0.3) is 5.69 Å². The maximum Gasteiger partial charge on any atom is 0.356 e. The average Bonchev–Trinajstić information content (AvgIpc) is 3.32. The zero-order valence-electron chi connectivity index (χ0n) is 14.6. The maximum atomic E-state index is 12.6. The van der Waals surface area contributed by atoms with Gasteiger partial charge >= 0.3 is 5.97 Å². The topological polar surface area (TPSA) is 102 Å². The van der Waals surface area contributed by atoms with Gasteiger partial charge in [0.05, 0.1) is 25.5 Å². The monoisotopic (exact) mass is 367 g/mol. The van der Waals surface area contributed by atoms with Crippen LogP contribution in [0.2, 0.25) is 0 Å². The molecule has 138 valence electrons. The van der Waals surface area contributed by atoms with Crippen molar-refractivity contribution in [2.75, 3.05) is 13.7 Å². The highest BCUT2D eigenvalue weighted by Crippen LogP contribution is 2.19. The van der Waals surface area contributed by atoms with E-state index in [9.17, 15) is 9.59 Å². The van der Waals surface area contributed by atoms with E-state index in [1.807, 2.05) is 30.5 Å². The van der Waals surface area contributed by atoms with E-state index in [1.165, 1.54) is 10.7 Å². The second-order valence-corrected chi connectivity index (χ2v) is 6.16. The fourth-order valence-corrected chi connectivity index (χ4v) is 3.05. The van der Waals surface area contributed by atoms with Gasteiger partial charge < -0.3 is 14.7 Å². The van der Waals surface area contributed by atoms with E-state index in [4.69, 9.17) is 9.84 Å². The Hall–Kier alpha value is -3.62. The van der Waals surface area contributed by atoms with Crippen molar-refractivity contribution in [3.8, 4) is 11.4 Å². The summed E-state index contributed by atoms with van der Waals surface area (Å²) in [5.41, 5.74) is 1.90. The van der Waals surface area contributed by atoms with Gasteiger partial charge in [0.2, 0.25) is 0 Å². The summed E-state index contributed by atoms with van der Waals surface area (Å²) in [6.07, 6.45) is 3.57. The molecule has 27 heavy (non-hydrogen) atoms. The molecule has 9 heteroatoms. The van der Waals surface area contributed by atoms with Gasteiger partial charge in [0.1, 0.15) is 11.4 Å². The summed E-state index contributed by atoms with van der Waals surface area (Å²) in [7, 11) is 1.61. The predicted molar refractivity (Wildman–Crippen MR) is 94.0 cm³/mol. The van der Waals surface area contributed by atoms with Crippen LogP contribution in [0.4, 0.5) is 0 Å². The minimum atomic E-state index is -1.14. The van der Waals surface area contributed by atoms with E-state index in [2.05, 4.69) is 10.2 Å². The highest BCUT2D eigenvalue weighted by atomic mass is 16.5. The Morgan fingerprint density at radius 1 is 1.30 bits per heavy atom. The van der Waals surface area contributed by atoms with Gasteiger partial charge in [-0.3, -0.25) is 9.48 Å². The Morgan fingerprint density at radius 3 is 2.93 bits per heavy atom. The summed E-state index contributed by atoms with van der Waals surface area (Å²) >= 11 is 0. The molecule has 1 aliphatic rings. The summed E-state index contributed by atoms with van der Waals surface area (Å²) < 4.78 is 8.39. The number of amides is 1. The van der Waals surface area contributed by atoms with Crippen LogP contribution in [0.15, 0.2) is 42.7 Å². The second kappa shape index (κ2) is 6.60. The molecule has 0 fully saturated rings. The summed E-state index contributed by atoms with van der Waals surface area (Å²) in [6.45, 7) is 1.30. The zero-order chi connectivity index (χ0) is 19.0. The van der Waals surface area contributed by atoms with Gasteiger partial charge in [-0.25, -0.2) is 9.48 Å². The third-order valence-electron chi connectivity index (χ3n) is 4.41. The number of nitrogens with zero attached hydrogens (tertiary/aromatic N) is 5. The largest absolute Gasteiger partial charge is 0.497 e. The molecule has 9 nitrogen and oxygen atoms in total. The van der Waals surface area contributed by atoms with Crippen LogP contribution in [0, 0.1) is 0 Å². The summed E-state index contributed by atoms with van der Waals surface area (Å²) in [4.78, 5) is 25.4. The number of aromatic carboxylic acids is 1. The maximum absolute atomic E-state index is 12.6. The molecule has 0 saturated heterocycles. The van der Waals surface area contributed by atoms with Crippen LogP contribution in [0.3, 0.4) is 0 Å². The van der Waals surface area contributed by atoms with E-state index < -0.39 is 5.97 Å².